The number of amides is 1. The van der Waals surface area contributed by atoms with Crippen molar-refractivity contribution < 1.29 is 17.6 Å². The maximum Gasteiger partial charge on any atom is 0.232 e. The van der Waals surface area contributed by atoms with E-state index in [1.807, 2.05) is 0 Å². The summed E-state index contributed by atoms with van der Waals surface area (Å²) in [6.07, 6.45) is 6.65. The van der Waals surface area contributed by atoms with E-state index < -0.39 is 15.8 Å². The molecule has 0 spiro atoms. The summed E-state index contributed by atoms with van der Waals surface area (Å²) in [5.74, 6) is 0.146. The van der Waals surface area contributed by atoms with Crippen LogP contribution >= 0.6 is 11.8 Å². The highest BCUT2D eigenvalue weighted by atomic mass is 32.2. The Morgan fingerprint density at radius 3 is 2.53 bits per heavy atom. The van der Waals surface area contributed by atoms with E-state index in [9.17, 15) is 17.6 Å². The first-order valence-corrected chi connectivity index (χ1v) is 12.6. The van der Waals surface area contributed by atoms with Crippen LogP contribution in [0.3, 0.4) is 0 Å². The molecule has 1 aliphatic carbocycles. The molecule has 0 unspecified atom stereocenters. The number of aromatic nitrogens is 3. The second-order valence-electron chi connectivity index (χ2n) is 7.39. The number of hydrogen-bond acceptors (Lipinski definition) is 6. The van der Waals surface area contributed by atoms with Gasteiger partial charge in [-0.05, 0) is 37.1 Å². The highest BCUT2D eigenvalue weighted by Gasteiger charge is 2.22. The number of nitrogens with zero attached hydrogens (tertiary/aromatic N) is 4. The molecular formula is C19H26FN5O3S2. The summed E-state index contributed by atoms with van der Waals surface area (Å²) < 4.78 is 40.5. The summed E-state index contributed by atoms with van der Waals surface area (Å²) >= 11 is 1.26. The Morgan fingerprint density at radius 2 is 1.90 bits per heavy atom. The standard InChI is InChI=1S/C19H26FN5O3S2/c1-24-17(12-25(30(2,27)28)16-10-8-14(20)9-11-16)22-23-19(24)29-13-18(26)21-15-6-4-3-5-7-15/h8-11,15H,3-7,12-13H2,1-2H3,(H,21,26). The van der Waals surface area contributed by atoms with Crippen LogP contribution in [-0.4, -0.2) is 47.1 Å². The van der Waals surface area contributed by atoms with Crippen molar-refractivity contribution in [3.05, 3.63) is 35.9 Å². The molecule has 1 fully saturated rings. The molecule has 1 aliphatic rings. The third kappa shape index (κ3) is 5.94. The molecule has 1 N–H and O–H groups in total. The van der Waals surface area contributed by atoms with E-state index >= 15 is 0 Å². The quantitative estimate of drug-likeness (QED) is 0.614. The van der Waals surface area contributed by atoms with Crippen molar-refractivity contribution in [3.8, 4) is 0 Å². The fraction of sp³-hybridized carbons (Fsp3) is 0.526. The van der Waals surface area contributed by atoms with Gasteiger partial charge in [0, 0.05) is 13.1 Å². The molecule has 3 rings (SSSR count). The molecule has 2 aromatic rings. The van der Waals surface area contributed by atoms with Gasteiger partial charge in [-0.3, -0.25) is 9.10 Å². The van der Waals surface area contributed by atoms with Gasteiger partial charge in [0.25, 0.3) is 0 Å². The number of hydrogen-bond donors (Lipinski definition) is 1. The van der Waals surface area contributed by atoms with Gasteiger partial charge < -0.3 is 9.88 Å². The fourth-order valence-corrected chi connectivity index (χ4v) is 4.99. The highest BCUT2D eigenvalue weighted by molar-refractivity contribution is 7.99. The minimum absolute atomic E-state index is 0.0412. The molecule has 0 atom stereocenters. The van der Waals surface area contributed by atoms with Gasteiger partial charge in [-0.2, -0.15) is 0 Å². The second-order valence-corrected chi connectivity index (χ2v) is 10.2. The first-order valence-electron chi connectivity index (χ1n) is 9.78. The fourth-order valence-electron chi connectivity index (χ4n) is 3.39. The monoisotopic (exact) mass is 455 g/mol. The average Bonchev–Trinajstić information content (AvgIpc) is 3.05. The van der Waals surface area contributed by atoms with Crippen molar-refractivity contribution in [1.82, 2.24) is 20.1 Å². The van der Waals surface area contributed by atoms with Gasteiger partial charge in [0.1, 0.15) is 5.82 Å². The SMILES string of the molecule is Cn1c(CN(c2ccc(F)cc2)S(C)(=O)=O)nnc1SCC(=O)NC1CCCCC1. The summed E-state index contributed by atoms with van der Waals surface area (Å²) in [5.41, 5.74) is 0.336. The van der Waals surface area contributed by atoms with Gasteiger partial charge in [-0.1, -0.05) is 31.0 Å². The van der Waals surface area contributed by atoms with Crippen LogP contribution < -0.4 is 9.62 Å². The number of sulfonamides is 1. The maximum absolute atomic E-state index is 13.2. The highest BCUT2D eigenvalue weighted by Crippen LogP contribution is 2.23. The molecular weight excluding hydrogens is 429 g/mol. The number of nitrogens with one attached hydrogen (secondary N) is 1. The smallest absolute Gasteiger partial charge is 0.232 e. The zero-order valence-electron chi connectivity index (χ0n) is 17.0. The topological polar surface area (TPSA) is 97.2 Å². The van der Waals surface area contributed by atoms with Gasteiger partial charge in [0.05, 0.1) is 24.2 Å². The van der Waals surface area contributed by atoms with E-state index in [0.717, 1.165) is 36.2 Å². The Balaban J connectivity index is 1.64. The lowest BCUT2D eigenvalue weighted by atomic mass is 9.95. The average molecular weight is 456 g/mol. The normalized spacial score (nSPS) is 15.2. The van der Waals surface area contributed by atoms with Crippen molar-refractivity contribution >= 4 is 33.4 Å². The minimum Gasteiger partial charge on any atom is -0.353 e. The van der Waals surface area contributed by atoms with Gasteiger partial charge >= 0.3 is 0 Å². The minimum atomic E-state index is -3.62. The third-order valence-electron chi connectivity index (χ3n) is 5.03. The molecule has 164 valence electrons. The van der Waals surface area contributed by atoms with E-state index in [4.69, 9.17) is 0 Å². The van der Waals surface area contributed by atoms with E-state index in [1.54, 1.807) is 11.6 Å². The van der Waals surface area contributed by atoms with Crippen molar-refractivity contribution in [2.24, 2.45) is 7.05 Å². The maximum atomic E-state index is 13.2. The lowest BCUT2D eigenvalue weighted by Crippen LogP contribution is -2.37. The summed E-state index contributed by atoms with van der Waals surface area (Å²) in [6, 6.07) is 5.46. The van der Waals surface area contributed by atoms with Crippen LogP contribution in [0, 0.1) is 5.82 Å². The molecule has 0 aliphatic heterocycles. The Labute approximate surface area is 180 Å². The molecule has 0 saturated heterocycles. The predicted octanol–water partition coefficient (Wildman–Crippen LogP) is 2.46. The van der Waals surface area contributed by atoms with Crippen LogP contribution in [0.5, 0.6) is 0 Å². The predicted molar refractivity (Wildman–Crippen MR) is 114 cm³/mol. The van der Waals surface area contributed by atoms with Crippen molar-refractivity contribution in [1.29, 1.82) is 0 Å². The van der Waals surface area contributed by atoms with Crippen LogP contribution in [-0.2, 0) is 28.4 Å². The zero-order chi connectivity index (χ0) is 21.7. The van der Waals surface area contributed by atoms with E-state index in [-0.39, 0.29) is 24.2 Å². The molecule has 1 heterocycles. The number of halogens is 1. The summed E-state index contributed by atoms with van der Waals surface area (Å²) in [5, 5.41) is 11.8. The largest absolute Gasteiger partial charge is 0.353 e. The number of carbonyl (C=O) groups excluding carboxylic acids is 1. The summed E-state index contributed by atoms with van der Waals surface area (Å²) in [6.45, 7) is -0.0528. The number of rotatable bonds is 8. The molecule has 8 nitrogen and oxygen atoms in total. The molecule has 0 bridgehead atoms. The van der Waals surface area contributed by atoms with Crippen molar-refractivity contribution in [2.75, 3.05) is 16.3 Å². The lowest BCUT2D eigenvalue weighted by molar-refractivity contribution is -0.119. The second kappa shape index (κ2) is 9.78. The van der Waals surface area contributed by atoms with Crippen LogP contribution in [0.25, 0.3) is 0 Å². The summed E-state index contributed by atoms with van der Waals surface area (Å²) in [4.78, 5) is 12.2. The molecule has 11 heteroatoms. The number of benzene rings is 1. The number of carbonyl (C=O) groups is 1. The van der Waals surface area contributed by atoms with Gasteiger partial charge in [-0.25, -0.2) is 12.8 Å². The molecule has 1 aromatic carbocycles. The Morgan fingerprint density at radius 1 is 1.23 bits per heavy atom. The van der Waals surface area contributed by atoms with E-state index in [1.165, 1.54) is 42.4 Å². The van der Waals surface area contributed by atoms with Crippen molar-refractivity contribution in [3.63, 3.8) is 0 Å². The number of anilines is 1. The summed E-state index contributed by atoms with van der Waals surface area (Å²) in [7, 11) is -1.90. The van der Waals surface area contributed by atoms with Crippen LogP contribution in [0.2, 0.25) is 0 Å². The molecule has 30 heavy (non-hydrogen) atoms. The Kier molecular flexibility index (Phi) is 7.35. The first kappa shape index (κ1) is 22.5. The van der Waals surface area contributed by atoms with Gasteiger partial charge in [0.15, 0.2) is 11.0 Å². The first-order chi connectivity index (χ1) is 14.2. The van der Waals surface area contributed by atoms with E-state index in [0.29, 0.717) is 16.7 Å². The Hall–Kier alpha value is -2.14. The molecule has 1 amide bonds. The van der Waals surface area contributed by atoms with Gasteiger partial charge in [-0.15, -0.1) is 10.2 Å². The third-order valence-corrected chi connectivity index (χ3v) is 7.19. The van der Waals surface area contributed by atoms with Gasteiger partial charge in [0.2, 0.25) is 15.9 Å². The zero-order valence-corrected chi connectivity index (χ0v) is 18.7. The van der Waals surface area contributed by atoms with E-state index in [2.05, 4.69) is 15.5 Å². The van der Waals surface area contributed by atoms with Crippen LogP contribution in [0.15, 0.2) is 29.4 Å². The number of thioether (sulfide) groups is 1. The Bertz CT molecular complexity index is 973. The molecule has 0 radical (unpaired) electrons. The lowest BCUT2D eigenvalue weighted by Gasteiger charge is -2.22. The van der Waals surface area contributed by atoms with Crippen molar-refractivity contribution in [2.45, 2.75) is 49.8 Å². The van der Waals surface area contributed by atoms with Crippen LogP contribution in [0.4, 0.5) is 10.1 Å². The molecule has 1 saturated carbocycles. The van der Waals surface area contributed by atoms with Crippen LogP contribution in [0.1, 0.15) is 37.9 Å². The molecule has 1 aromatic heterocycles.